The molecule has 4 rings (SSSR count). The van der Waals surface area contributed by atoms with Crippen molar-refractivity contribution in [2.45, 2.75) is 26.6 Å². The van der Waals surface area contributed by atoms with Gasteiger partial charge in [-0.25, -0.2) is 13.8 Å². The van der Waals surface area contributed by atoms with E-state index in [1.165, 1.54) is 0 Å². The zero-order valence-corrected chi connectivity index (χ0v) is 17.9. The lowest BCUT2D eigenvalue weighted by Gasteiger charge is -2.16. The molecule has 3 aromatic carbocycles. The van der Waals surface area contributed by atoms with E-state index in [-0.39, 0.29) is 12.2 Å². The van der Waals surface area contributed by atoms with E-state index in [4.69, 9.17) is 19.2 Å². The van der Waals surface area contributed by atoms with Gasteiger partial charge in [-0.05, 0) is 61.9 Å². The van der Waals surface area contributed by atoms with E-state index in [0.717, 1.165) is 40.5 Å². The van der Waals surface area contributed by atoms with Gasteiger partial charge in [-0.2, -0.15) is 0 Å². The summed E-state index contributed by atoms with van der Waals surface area (Å²) < 4.78 is 44.4. The van der Waals surface area contributed by atoms with Crippen LogP contribution in [0.2, 0.25) is 0 Å². The average Bonchev–Trinajstić information content (AvgIpc) is 3.24. The van der Waals surface area contributed by atoms with E-state index < -0.39 is 17.7 Å². The maximum absolute atomic E-state index is 13.8. The average molecular weight is 438 g/mol. The molecule has 0 saturated heterocycles. The molecule has 1 unspecified atom stereocenters. The van der Waals surface area contributed by atoms with Crippen molar-refractivity contribution < 1.29 is 23.0 Å². The normalized spacial score (nSPS) is 12.1. The third-order valence-corrected chi connectivity index (χ3v) is 4.96. The maximum Gasteiger partial charge on any atom is 0.144 e. The molecule has 0 amide bonds. The topological polar surface area (TPSA) is 56.4 Å². The lowest BCUT2D eigenvalue weighted by Crippen LogP contribution is -2.08. The van der Waals surface area contributed by atoms with Crippen LogP contribution in [0.3, 0.4) is 0 Å². The molecule has 0 aliphatic carbocycles. The molecule has 1 N–H and O–H groups in total. The largest absolute Gasteiger partial charge is 0.492 e. The van der Waals surface area contributed by atoms with Crippen LogP contribution < -0.4 is 9.47 Å². The van der Waals surface area contributed by atoms with E-state index >= 15 is 0 Å². The Morgan fingerprint density at radius 3 is 2.50 bits per heavy atom. The Labute approximate surface area is 185 Å². The molecule has 1 atom stereocenters. The van der Waals surface area contributed by atoms with E-state index in [9.17, 15) is 8.78 Å². The lowest BCUT2D eigenvalue weighted by atomic mass is 10.1. The Morgan fingerprint density at radius 1 is 0.938 bits per heavy atom. The van der Waals surface area contributed by atoms with E-state index in [2.05, 4.69) is 4.98 Å². The van der Waals surface area contributed by atoms with E-state index in [1.54, 1.807) is 12.1 Å². The number of rotatable bonds is 9. The smallest absolute Gasteiger partial charge is 0.144 e. The number of nitrogens with zero attached hydrogens (tertiary/aromatic N) is 1. The van der Waals surface area contributed by atoms with Gasteiger partial charge in [0.25, 0.3) is 0 Å². The van der Waals surface area contributed by atoms with Gasteiger partial charge in [0.2, 0.25) is 0 Å². The molecular formula is C25H24F2N2O3. The molecular weight excluding hydrogens is 414 g/mol. The highest BCUT2D eigenvalue weighted by molar-refractivity contribution is 5.81. The highest BCUT2D eigenvalue weighted by atomic mass is 19.1. The number of para-hydroxylation sites is 1. The van der Waals surface area contributed by atoms with Crippen LogP contribution in [0.5, 0.6) is 11.5 Å². The minimum absolute atomic E-state index is 0.0678. The third kappa shape index (κ3) is 4.73. The molecule has 0 fully saturated rings. The summed E-state index contributed by atoms with van der Waals surface area (Å²) in [6.45, 7) is 4.85. The summed E-state index contributed by atoms with van der Waals surface area (Å²) in [5.41, 5.74) is 2.67. The van der Waals surface area contributed by atoms with Crippen LogP contribution in [0.4, 0.5) is 8.78 Å². The van der Waals surface area contributed by atoms with Crippen molar-refractivity contribution in [1.29, 1.82) is 0 Å². The van der Waals surface area contributed by atoms with Crippen LogP contribution in [0.1, 0.15) is 36.9 Å². The quantitative estimate of drug-likeness (QED) is 0.351. The molecule has 0 bridgehead atoms. The highest BCUT2D eigenvalue weighted by Crippen LogP contribution is 2.30. The second-order valence-corrected chi connectivity index (χ2v) is 7.13. The molecule has 4 aromatic rings. The van der Waals surface area contributed by atoms with Gasteiger partial charge in [0.15, 0.2) is 0 Å². The van der Waals surface area contributed by atoms with Gasteiger partial charge in [0, 0.05) is 12.2 Å². The first-order valence-corrected chi connectivity index (χ1v) is 10.5. The summed E-state index contributed by atoms with van der Waals surface area (Å²) in [6.07, 6.45) is -0.406. The van der Waals surface area contributed by atoms with Gasteiger partial charge in [-0.1, -0.05) is 18.2 Å². The number of ether oxygens (including phenoxy) is 3. The number of imidazole rings is 1. The molecule has 7 heteroatoms. The molecule has 32 heavy (non-hydrogen) atoms. The molecule has 1 heterocycles. The molecule has 5 nitrogen and oxygen atoms in total. The number of nitrogens with one attached hydrogen (secondary N) is 1. The van der Waals surface area contributed by atoms with Crippen molar-refractivity contribution in [3.05, 3.63) is 89.2 Å². The summed E-state index contributed by atoms with van der Waals surface area (Å²) in [4.78, 5) is 8.03. The molecule has 1 aromatic heterocycles. The number of aromatic nitrogens is 2. The first kappa shape index (κ1) is 21.8. The zero-order valence-electron chi connectivity index (χ0n) is 17.9. The Hall–Kier alpha value is -3.45. The summed E-state index contributed by atoms with van der Waals surface area (Å²) in [5.74, 6) is 0.946. The number of hydrogen-bond acceptors (Lipinski definition) is 4. The molecule has 166 valence electrons. The molecule has 0 saturated carbocycles. The van der Waals surface area contributed by atoms with Gasteiger partial charge >= 0.3 is 0 Å². The predicted octanol–water partition coefficient (Wildman–Crippen LogP) is 5.94. The van der Waals surface area contributed by atoms with Crippen molar-refractivity contribution >= 4 is 11.0 Å². The van der Waals surface area contributed by atoms with Crippen molar-refractivity contribution in [2.24, 2.45) is 0 Å². The van der Waals surface area contributed by atoms with Crippen molar-refractivity contribution in [3.63, 3.8) is 0 Å². The monoisotopic (exact) mass is 438 g/mol. The minimum Gasteiger partial charge on any atom is -0.492 e. The van der Waals surface area contributed by atoms with Crippen LogP contribution in [0.15, 0.2) is 60.7 Å². The van der Waals surface area contributed by atoms with Gasteiger partial charge in [0.1, 0.15) is 47.2 Å². The Kier molecular flexibility index (Phi) is 6.66. The number of hydrogen-bond donors (Lipinski definition) is 1. The number of aromatic amines is 1. The second kappa shape index (κ2) is 9.78. The summed E-state index contributed by atoms with van der Waals surface area (Å²) in [5, 5.41) is 0. The zero-order chi connectivity index (χ0) is 22.5. The number of fused-ring (bicyclic) bond motifs is 1. The number of halogens is 2. The summed E-state index contributed by atoms with van der Waals surface area (Å²) in [6, 6.07) is 16.3. The van der Waals surface area contributed by atoms with Crippen LogP contribution in [0, 0.1) is 11.6 Å². The Balaban J connectivity index is 1.55. The van der Waals surface area contributed by atoms with Crippen LogP contribution in [0.25, 0.3) is 11.0 Å². The fraction of sp³-hybridized carbons (Fsp3) is 0.240. The van der Waals surface area contributed by atoms with Gasteiger partial charge < -0.3 is 19.2 Å². The first-order valence-electron chi connectivity index (χ1n) is 10.5. The number of H-pyrrole nitrogens is 1. The third-order valence-electron chi connectivity index (χ3n) is 4.96. The number of benzene rings is 3. The SMILES string of the molecule is CCOc1cccc2nc(C(OCC)c3ccc(OCc4cc(F)ccc4F)cc3)[nH]c12. The van der Waals surface area contributed by atoms with Gasteiger partial charge in [0.05, 0.1) is 12.1 Å². The summed E-state index contributed by atoms with van der Waals surface area (Å²) >= 11 is 0. The van der Waals surface area contributed by atoms with Crippen LogP contribution >= 0.6 is 0 Å². The fourth-order valence-electron chi connectivity index (χ4n) is 3.48. The van der Waals surface area contributed by atoms with E-state index in [0.29, 0.717) is 24.8 Å². The second-order valence-electron chi connectivity index (χ2n) is 7.13. The highest BCUT2D eigenvalue weighted by Gasteiger charge is 2.20. The minimum atomic E-state index is -0.504. The molecule has 0 aliphatic rings. The molecule has 0 radical (unpaired) electrons. The fourth-order valence-corrected chi connectivity index (χ4v) is 3.48. The molecule has 0 aliphatic heterocycles. The van der Waals surface area contributed by atoms with Crippen LogP contribution in [-0.2, 0) is 11.3 Å². The van der Waals surface area contributed by atoms with Gasteiger partial charge in [-0.15, -0.1) is 0 Å². The van der Waals surface area contributed by atoms with Crippen molar-refractivity contribution in [2.75, 3.05) is 13.2 Å². The molecule has 0 spiro atoms. The predicted molar refractivity (Wildman–Crippen MR) is 118 cm³/mol. The Bertz CT molecular complexity index is 1190. The standard InChI is InChI=1S/C25H24F2N2O3/c1-3-30-22-7-5-6-21-23(22)29-25(28-21)24(31-4-2)16-8-11-19(12-9-16)32-15-17-14-18(26)10-13-20(17)27/h5-14,24H,3-4,15H2,1-2H3,(H,28,29). The van der Waals surface area contributed by atoms with E-state index in [1.807, 2.05) is 44.2 Å². The van der Waals surface area contributed by atoms with Crippen molar-refractivity contribution in [3.8, 4) is 11.5 Å². The Morgan fingerprint density at radius 2 is 1.75 bits per heavy atom. The lowest BCUT2D eigenvalue weighted by molar-refractivity contribution is 0.0859. The maximum atomic E-state index is 13.8. The summed E-state index contributed by atoms with van der Waals surface area (Å²) in [7, 11) is 0. The van der Waals surface area contributed by atoms with Gasteiger partial charge in [-0.3, -0.25) is 0 Å². The van der Waals surface area contributed by atoms with Crippen LogP contribution in [-0.4, -0.2) is 23.2 Å². The first-order chi connectivity index (χ1) is 15.6. The van der Waals surface area contributed by atoms with Crippen molar-refractivity contribution in [1.82, 2.24) is 9.97 Å².